The summed E-state index contributed by atoms with van der Waals surface area (Å²) in [6.07, 6.45) is 0.612. The van der Waals surface area contributed by atoms with E-state index < -0.39 is 5.92 Å². The van der Waals surface area contributed by atoms with Crippen LogP contribution in [-0.4, -0.2) is 25.2 Å². The van der Waals surface area contributed by atoms with E-state index in [1.807, 2.05) is 58.0 Å². The number of carbonyl (C=O) groups is 2. The molecule has 0 saturated carbocycles. The predicted molar refractivity (Wildman–Crippen MR) is 90.0 cm³/mol. The molecule has 1 aromatic rings. The Kier molecular flexibility index (Phi) is 8.38. The van der Waals surface area contributed by atoms with Crippen LogP contribution in [0.25, 0.3) is 0 Å². The summed E-state index contributed by atoms with van der Waals surface area (Å²) in [5, 5.41) is 0. The van der Waals surface area contributed by atoms with Crippen molar-refractivity contribution in [3.8, 4) is 0 Å². The number of rotatable bonds is 9. The average molecular weight is 320 g/mol. The fraction of sp³-hybridized carbons (Fsp3) is 0.579. The summed E-state index contributed by atoms with van der Waals surface area (Å²) < 4.78 is 10.5. The second-order valence-corrected chi connectivity index (χ2v) is 6.60. The predicted octanol–water partition coefficient (Wildman–Crippen LogP) is 3.95. The van der Waals surface area contributed by atoms with Gasteiger partial charge in [0.15, 0.2) is 0 Å². The quantitative estimate of drug-likeness (QED) is 0.647. The fourth-order valence-electron chi connectivity index (χ4n) is 2.05. The van der Waals surface area contributed by atoms with E-state index in [1.165, 1.54) is 0 Å². The molecule has 0 N–H and O–H groups in total. The molecule has 4 nitrogen and oxygen atoms in total. The van der Waals surface area contributed by atoms with Crippen molar-refractivity contribution in [1.82, 2.24) is 0 Å². The van der Waals surface area contributed by atoms with E-state index >= 15 is 0 Å². The summed E-state index contributed by atoms with van der Waals surface area (Å²) in [5.74, 6) is -0.384. The van der Waals surface area contributed by atoms with Gasteiger partial charge in [0.1, 0.15) is 0 Å². The van der Waals surface area contributed by atoms with Crippen LogP contribution in [-0.2, 0) is 19.1 Å². The van der Waals surface area contributed by atoms with E-state index in [-0.39, 0.29) is 24.3 Å². The second-order valence-electron chi connectivity index (χ2n) is 6.60. The molecule has 4 heteroatoms. The van der Waals surface area contributed by atoms with Gasteiger partial charge < -0.3 is 9.47 Å². The van der Waals surface area contributed by atoms with Crippen molar-refractivity contribution in [1.29, 1.82) is 0 Å². The fourth-order valence-corrected chi connectivity index (χ4v) is 2.05. The van der Waals surface area contributed by atoms with E-state index in [1.54, 1.807) is 0 Å². The first-order valence-corrected chi connectivity index (χ1v) is 8.27. The summed E-state index contributed by atoms with van der Waals surface area (Å²) >= 11 is 0. The molecule has 23 heavy (non-hydrogen) atoms. The first-order chi connectivity index (χ1) is 10.9. The molecule has 0 spiro atoms. The second kappa shape index (κ2) is 10.0. The Morgan fingerprint density at radius 3 is 2.04 bits per heavy atom. The van der Waals surface area contributed by atoms with E-state index in [9.17, 15) is 9.59 Å². The Morgan fingerprint density at radius 1 is 0.913 bits per heavy atom. The minimum Gasteiger partial charge on any atom is -0.465 e. The number of esters is 2. The van der Waals surface area contributed by atoms with Gasteiger partial charge in [-0.1, -0.05) is 58.0 Å². The molecule has 0 aromatic heterocycles. The van der Waals surface area contributed by atoms with Gasteiger partial charge >= 0.3 is 11.9 Å². The Bertz CT molecular complexity index is 479. The number of ether oxygens (including phenoxy) is 2. The molecule has 1 unspecified atom stereocenters. The van der Waals surface area contributed by atoms with Gasteiger partial charge in [-0.3, -0.25) is 9.59 Å². The molecule has 0 aliphatic heterocycles. The van der Waals surface area contributed by atoms with Gasteiger partial charge in [0.2, 0.25) is 0 Å². The lowest BCUT2D eigenvalue weighted by molar-refractivity contribution is -0.148. The third-order valence-electron chi connectivity index (χ3n) is 3.26. The van der Waals surface area contributed by atoms with Gasteiger partial charge in [-0.25, -0.2) is 0 Å². The monoisotopic (exact) mass is 320 g/mol. The third-order valence-corrected chi connectivity index (χ3v) is 3.26. The van der Waals surface area contributed by atoms with Crippen LogP contribution in [0.2, 0.25) is 0 Å². The third kappa shape index (κ3) is 7.82. The van der Waals surface area contributed by atoms with E-state index in [0.29, 0.717) is 25.6 Å². The topological polar surface area (TPSA) is 52.6 Å². The zero-order valence-electron chi connectivity index (χ0n) is 14.6. The number of hydrogen-bond acceptors (Lipinski definition) is 4. The van der Waals surface area contributed by atoms with Crippen molar-refractivity contribution < 1.29 is 19.1 Å². The Labute approximate surface area is 139 Å². The molecule has 0 saturated heterocycles. The highest BCUT2D eigenvalue weighted by Crippen LogP contribution is 2.23. The van der Waals surface area contributed by atoms with Crippen LogP contribution in [0, 0.1) is 11.8 Å². The van der Waals surface area contributed by atoms with E-state index in [2.05, 4.69) is 0 Å². The molecule has 1 aromatic carbocycles. The van der Waals surface area contributed by atoms with Gasteiger partial charge in [0.25, 0.3) is 0 Å². The lowest BCUT2D eigenvalue weighted by atomic mass is 9.94. The first-order valence-electron chi connectivity index (χ1n) is 8.27. The summed E-state index contributed by atoms with van der Waals surface area (Å²) in [4.78, 5) is 24.2. The molecule has 0 fully saturated rings. The van der Waals surface area contributed by atoms with Gasteiger partial charge in [-0.2, -0.15) is 0 Å². The number of benzene rings is 1. The molecule has 0 aliphatic rings. The highest BCUT2D eigenvalue weighted by molar-refractivity contribution is 5.79. The van der Waals surface area contributed by atoms with Gasteiger partial charge in [-0.05, 0) is 23.8 Å². The molecule has 128 valence electrons. The molecule has 0 aliphatic carbocycles. The maximum atomic E-state index is 12.4. The molecule has 0 bridgehead atoms. The minimum absolute atomic E-state index is 0.211. The lowest BCUT2D eigenvalue weighted by Crippen LogP contribution is -2.20. The van der Waals surface area contributed by atoms with Gasteiger partial charge in [0.05, 0.1) is 19.1 Å². The zero-order valence-corrected chi connectivity index (χ0v) is 14.6. The van der Waals surface area contributed by atoms with Gasteiger partial charge in [0, 0.05) is 6.42 Å². The van der Waals surface area contributed by atoms with E-state index in [4.69, 9.17) is 9.47 Å². The molecular formula is C19H28O4. The van der Waals surface area contributed by atoms with Crippen LogP contribution in [0.1, 0.15) is 52.0 Å². The van der Waals surface area contributed by atoms with Crippen LogP contribution in [0.3, 0.4) is 0 Å². The molecule has 0 amide bonds. The minimum atomic E-state index is -0.429. The maximum Gasteiger partial charge on any atom is 0.313 e. The Balaban J connectivity index is 2.65. The maximum absolute atomic E-state index is 12.4. The van der Waals surface area contributed by atoms with Crippen LogP contribution >= 0.6 is 0 Å². The zero-order chi connectivity index (χ0) is 17.2. The smallest absolute Gasteiger partial charge is 0.313 e. The van der Waals surface area contributed by atoms with E-state index in [0.717, 1.165) is 5.56 Å². The van der Waals surface area contributed by atoms with Crippen molar-refractivity contribution >= 4 is 11.9 Å². The highest BCUT2D eigenvalue weighted by atomic mass is 16.5. The lowest BCUT2D eigenvalue weighted by Gasteiger charge is -2.17. The van der Waals surface area contributed by atoms with Crippen molar-refractivity contribution in [3.05, 3.63) is 35.9 Å². The van der Waals surface area contributed by atoms with Crippen LogP contribution in [0.5, 0.6) is 0 Å². The van der Waals surface area contributed by atoms with Crippen LogP contribution < -0.4 is 0 Å². The number of hydrogen-bond donors (Lipinski definition) is 0. The first kappa shape index (κ1) is 19.2. The largest absolute Gasteiger partial charge is 0.465 e. The summed E-state index contributed by atoms with van der Waals surface area (Å²) in [5.41, 5.74) is 0.873. The molecule has 0 heterocycles. The Hall–Kier alpha value is -1.84. The summed E-state index contributed by atoms with van der Waals surface area (Å²) in [6.45, 7) is 8.77. The highest BCUT2D eigenvalue weighted by Gasteiger charge is 2.23. The summed E-state index contributed by atoms with van der Waals surface area (Å²) in [6, 6.07) is 9.45. The van der Waals surface area contributed by atoms with Crippen molar-refractivity contribution in [2.24, 2.45) is 11.8 Å². The average Bonchev–Trinajstić information content (AvgIpc) is 2.52. The molecule has 1 rings (SSSR count). The Morgan fingerprint density at radius 2 is 1.48 bits per heavy atom. The van der Waals surface area contributed by atoms with Crippen LogP contribution in [0.15, 0.2) is 30.3 Å². The van der Waals surface area contributed by atoms with Crippen molar-refractivity contribution in [2.45, 2.75) is 46.5 Å². The van der Waals surface area contributed by atoms with Crippen LogP contribution in [0.4, 0.5) is 0 Å². The summed E-state index contributed by atoms with van der Waals surface area (Å²) in [7, 11) is 0. The standard InChI is InChI=1S/C19H28O4/c1-14(2)12-22-18(20)11-10-17(16-8-6-5-7-9-16)19(21)23-13-15(3)4/h5-9,14-15,17H,10-13H2,1-4H3. The number of carbonyl (C=O) groups excluding carboxylic acids is 2. The normalized spacial score (nSPS) is 12.3. The van der Waals surface area contributed by atoms with Gasteiger partial charge in [-0.15, -0.1) is 0 Å². The molecule has 1 atom stereocenters. The molecule has 0 radical (unpaired) electrons. The van der Waals surface area contributed by atoms with Crippen molar-refractivity contribution in [3.63, 3.8) is 0 Å². The van der Waals surface area contributed by atoms with Crippen molar-refractivity contribution in [2.75, 3.05) is 13.2 Å². The molecular weight excluding hydrogens is 292 g/mol. The SMILES string of the molecule is CC(C)COC(=O)CCC(C(=O)OCC(C)C)c1ccccc1.